The molecule has 8 nitrogen and oxygen atoms in total. The zero-order chi connectivity index (χ0) is 23.4. The van der Waals surface area contributed by atoms with E-state index < -0.39 is 10.0 Å². The third kappa shape index (κ3) is 5.33. The normalized spacial score (nSPS) is 16.3. The van der Waals surface area contributed by atoms with E-state index in [1.807, 2.05) is 0 Å². The number of ether oxygens (including phenoxy) is 3. The van der Waals surface area contributed by atoms with Crippen molar-refractivity contribution in [3.63, 3.8) is 0 Å². The Morgan fingerprint density at radius 1 is 1.12 bits per heavy atom. The van der Waals surface area contributed by atoms with Crippen molar-refractivity contribution in [3.8, 4) is 22.8 Å². The van der Waals surface area contributed by atoms with Gasteiger partial charge in [0.2, 0.25) is 10.0 Å². The number of hydrogen-bond donors (Lipinski definition) is 0. The molecule has 33 heavy (non-hydrogen) atoms. The molecule has 1 saturated heterocycles. The zero-order valence-corrected chi connectivity index (χ0v) is 19.9. The van der Waals surface area contributed by atoms with E-state index in [0.29, 0.717) is 40.1 Å². The number of nitrogens with zero attached hydrogens (tertiary/aromatic N) is 2. The summed E-state index contributed by atoms with van der Waals surface area (Å²) in [6.45, 7) is 0.874. The topological polar surface area (TPSA) is 91.1 Å². The lowest BCUT2D eigenvalue weighted by atomic mass is 10.1. The van der Waals surface area contributed by atoms with Crippen LogP contribution in [-0.2, 0) is 21.3 Å². The second kappa shape index (κ2) is 10.1. The van der Waals surface area contributed by atoms with E-state index in [9.17, 15) is 8.42 Å². The predicted octanol–water partition coefficient (Wildman–Crippen LogP) is 4.38. The van der Waals surface area contributed by atoms with Gasteiger partial charge < -0.3 is 18.7 Å². The van der Waals surface area contributed by atoms with Crippen LogP contribution in [0.15, 0.2) is 57.9 Å². The van der Waals surface area contributed by atoms with Gasteiger partial charge in [-0.1, -0.05) is 16.8 Å². The van der Waals surface area contributed by atoms with Crippen molar-refractivity contribution in [2.75, 3.05) is 27.4 Å². The van der Waals surface area contributed by atoms with E-state index in [-0.39, 0.29) is 24.1 Å². The summed E-state index contributed by atoms with van der Waals surface area (Å²) in [7, 11) is -0.682. The minimum absolute atomic E-state index is 0.0284. The maximum atomic E-state index is 13.4. The van der Waals surface area contributed by atoms with Crippen LogP contribution < -0.4 is 9.47 Å². The van der Waals surface area contributed by atoms with Crippen LogP contribution >= 0.6 is 11.6 Å². The smallest absolute Gasteiger partial charge is 0.243 e. The van der Waals surface area contributed by atoms with Crippen LogP contribution in [-0.4, -0.2) is 51.4 Å². The first-order valence-corrected chi connectivity index (χ1v) is 12.3. The molecular formula is C23H25ClN2O6S. The lowest BCUT2D eigenvalue weighted by Crippen LogP contribution is -2.37. The number of methoxy groups -OCH3 is 2. The summed E-state index contributed by atoms with van der Waals surface area (Å²) in [5.74, 6) is 1.67. The minimum Gasteiger partial charge on any atom is -0.497 e. The Bertz CT molecular complexity index is 1190. The first-order chi connectivity index (χ1) is 15.9. The van der Waals surface area contributed by atoms with E-state index in [4.69, 9.17) is 30.3 Å². The van der Waals surface area contributed by atoms with Gasteiger partial charge in [0.15, 0.2) is 5.76 Å². The molecular weight excluding hydrogens is 468 g/mol. The summed E-state index contributed by atoms with van der Waals surface area (Å²) in [4.78, 5) is 0.156. The van der Waals surface area contributed by atoms with E-state index in [2.05, 4.69) is 5.16 Å². The van der Waals surface area contributed by atoms with Gasteiger partial charge in [-0.3, -0.25) is 0 Å². The van der Waals surface area contributed by atoms with Crippen molar-refractivity contribution in [3.05, 3.63) is 59.2 Å². The fourth-order valence-electron chi connectivity index (χ4n) is 3.72. The van der Waals surface area contributed by atoms with Crippen molar-refractivity contribution in [1.82, 2.24) is 9.46 Å². The Morgan fingerprint density at radius 2 is 1.91 bits per heavy atom. The van der Waals surface area contributed by atoms with Crippen molar-refractivity contribution in [2.45, 2.75) is 30.4 Å². The van der Waals surface area contributed by atoms with Crippen LogP contribution in [0.2, 0.25) is 5.02 Å². The number of halogens is 1. The molecule has 0 radical (unpaired) electrons. The number of benzene rings is 2. The Kier molecular flexibility index (Phi) is 7.23. The largest absolute Gasteiger partial charge is 0.497 e. The Labute approximate surface area is 198 Å². The van der Waals surface area contributed by atoms with Gasteiger partial charge in [-0.15, -0.1) is 0 Å². The molecule has 0 amide bonds. The molecule has 2 heterocycles. The predicted molar refractivity (Wildman–Crippen MR) is 123 cm³/mol. The summed E-state index contributed by atoms with van der Waals surface area (Å²) >= 11 is 5.95. The van der Waals surface area contributed by atoms with Gasteiger partial charge in [0.1, 0.15) is 11.5 Å². The molecule has 0 spiro atoms. The quantitative estimate of drug-likeness (QED) is 0.437. The van der Waals surface area contributed by atoms with Crippen molar-refractivity contribution in [1.29, 1.82) is 0 Å². The van der Waals surface area contributed by atoms with Crippen LogP contribution in [0.1, 0.15) is 18.5 Å². The van der Waals surface area contributed by atoms with Gasteiger partial charge >= 0.3 is 0 Å². The second-order valence-corrected chi connectivity index (χ2v) is 10.0. The van der Waals surface area contributed by atoms with E-state index in [0.717, 1.165) is 12.8 Å². The molecule has 3 aromatic rings. The fourth-order valence-corrected chi connectivity index (χ4v) is 5.29. The third-order valence-electron chi connectivity index (χ3n) is 5.45. The number of aromatic nitrogens is 1. The maximum absolute atomic E-state index is 13.4. The highest BCUT2D eigenvalue weighted by Gasteiger charge is 2.30. The standard InChI is InChI=1S/C23H25ClN2O6S/c1-29-18-7-10-22(30-2)21(13-18)23-12-17(25-32-23)14-26(15-19-4-3-11-31-19)33(27,28)20-8-5-16(24)6-9-20/h5-10,12-13,19H,3-4,11,14-15H2,1-2H3/t19-/m0/s1. The van der Waals surface area contributed by atoms with E-state index in [1.165, 1.54) is 16.4 Å². The molecule has 2 aromatic carbocycles. The van der Waals surface area contributed by atoms with Gasteiger partial charge in [-0.05, 0) is 55.3 Å². The summed E-state index contributed by atoms with van der Waals surface area (Å²) < 4.78 is 50.2. The maximum Gasteiger partial charge on any atom is 0.243 e. The highest BCUT2D eigenvalue weighted by molar-refractivity contribution is 7.89. The monoisotopic (exact) mass is 492 g/mol. The summed E-state index contributed by atoms with van der Waals surface area (Å²) in [5.41, 5.74) is 1.12. The molecule has 0 N–H and O–H groups in total. The zero-order valence-electron chi connectivity index (χ0n) is 18.4. The number of hydrogen-bond acceptors (Lipinski definition) is 7. The van der Waals surface area contributed by atoms with E-state index >= 15 is 0 Å². The van der Waals surface area contributed by atoms with Crippen molar-refractivity contribution >= 4 is 21.6 Å². The van der Waals surface area contributed by atoms with Gasteiger partial charge in [0.25, 0.3) is 0 Å². The fraction of sp³-hybridized carbons (Fsp3) is 0.348. The lowest BCUT2D eigenvalue weighted by molar-refractivity contribution is 0.0922. The molecule has 0 unspecified atom stereocenters. The minimum atomic E-state index is -3.81. The Morgan fingerprint density at radius 3 is 2.58 bits per heavy atom. The molecule has 1 aliphatic heterocycles. The van der Waals surface area contributed by atoms with Gasteiger partial charge in [0, 0.05) is 24.2 Å². The average molecular weight is 493 g/mol. The Balaban J connectivity index is 1.63. The highest BCUT2D eigenvalue weighted by Crippen LogP contribution is 2.34. The molecule has 4 rings (SSSR count). The second-order valence-electron chi connectivity index (χ2n) is 7.64. The first-order valence-electron chi connectivity index (χ1n) is 10.5. The molecule has 0 bridgehead atoms. The molecule has 0 saturated carbocycles. The van der Waals surface area contributed by atoms with Gasteiger partial charge in [-0.2, -0.15) is 4.31 Å². The molecule has 0 aliphatic carbocycles. The van der Waals surface area contributed by atoms with Crippen LogP contribution in [0, 0.1) is 0 Å². The molecule has 10 heteroatoms. The van der Waals surface area contributed by atoms with Crippen LogP contribution in [0.5, 0.6) is 11.5 Å². The molecule has 1 aliphatic rings. The first kappa shape index (κ1) is 23.6. The van der Waals surface area contributed by atoms with Crippen LogP contribution in [0.25, 0.3) is 11.3 Å². The number of rotatable bonds is 9. The highest BCUT2D eigenvalue weighted by atomic mass is 35.5. The third-order valence-corrected chi connectivity index (χ3v) is 7.53. The summed E-state index contributed by atoms with van der Waals surface area (Å²) in [6, 6.07) is 13.1. The average Bonchev–Trinajstić information content (AvgIpc) is 3.51. The summed E-state index contributed by atoms with van der Waals surface area (Å²) in [5, 5.41) is 4.59. The summed E-state index contributed by atoms with van der Waals surface area (Å²) in [6.07, 6.45) is 1.54. The Hall–Kier alpha value is -2.59. The van der Waals surface area contributed by atoms with Gasteiger partial charge in [0.05, 0.1) is 43.0 Å². The van der Waals surface area contributed by atoms with Crippen LogP contribution in [0.4, 0.5) is 0 Å². The van der Waals surface area contributed by atoms with Crippen LogP contribution in [0.3, 0.4) is 0 Å². The molecule has 1 atom stereocenters. The number of sulfonamides is 1. The SMILES string of the molecule is COc1ccc(OC)c(-c2cc(CN(C[C@@H]3CCCO3)S(=O)(=O)c3ccc(Cl)cc3)no2)c1. The van der Waals surface area contributed by atoms with Gasteiger partial charge in [-0.25, -0.2) is 8.42 Å². The molecule has 1 fully saturated rings. The lowest BCUT2D eigenvalue weighted by Gasteiger charge is -2.24. The van der Waals surface area contributed by atoms with E-state index in [1.54, 1.807) is 50.6 Å². The van der Waals surface area contributed by atoms with Crippen molar-refractivity contribution in [2.24, 2.45) is 0 Å². The molecule has 1 aromatic heterocycles. The van der Waals surface area contributed by atoms with Crippen molar-refractivity contribution < 1.29 is 27.2 Å². The molecule has 176 valence electrons.